The van der Waals surface area contributed by atoms with Crippen molar-refractivity contribution in [2.45, 2.75) is 13.0 Å². The molecule has 0 unspecified atom stereocenters. The third kappa shape index (κ3) is 3.96. The molecule has 1 N–H and O–H groups in total. The number of amides is 1. The summed E-state index contributed by atoms with van der Waals surface area (Å²) in [7, 11) is 0. The van der Waals surface area contributed by atoms with Crippen molar-refractivity contribution in [3.63, 3.8) is 0 Å². The number of hydrogen-bond acceptors (Lipinski definition) is 3. The highest BCUT2D eigenvalue weighted by Gasteiger charge is 2.20. The Morgan fingerprint density at radius 3 is 2.28 bits per heavy atom. The lowest BCUT2D eigenvalue weighted by Gasteiger charge is -2.20. The molecule has 4 nitrogen and oxygen atoms in total. The van der Waals surface area contributed by atoms with E-state index in [2.05, 4.69) is 15.3 Å². The molecule has 0 aliphatic rings. The first kappa shape index (κ1) is 18.7. The van der Waals surface area contributed by atoms with E-state index in [1.54, 1.807) is 55.7 Å². The minimum Gasteiger partial charge on any atom is -0.341 e. The van der Waals surface area contributed by atoms with Gasteiger partial charge in [0, 0.05) is 29.5 Å². The van der Waals surface area contributed by atoms with Gasteiger partial charge in [-0.1, -0.05) is 12.1 Å². The maximum absolute atomic E-state index is 13.6. The number of aryl methyl sites for hydroxylation is 1. The van der Waals surface area contributed by atoms with Crippen molar-refractivity contribution in [2.24, 2.45) is 0 Å². The minimum atomic E-state index is -0.505. The Labute approximate surface area is 166 Å². The lowest BCUT2D eigenvalue weighted by Crippen LogP contribution is -2.29. The van der Waals surface area contributed by atoms with Crippen LogP contribution in [0.25, 0.3) is 10.9 Å². The lowest BCUT2D eigenvalue weighted by molar-refractivity contribution is 0.0944. The molecule has 4 rings (SSSR count). The third-order valence-electron chi connectivity index (χ3n) is 4.66. The molecular formula is C23H17F2N3O. The molecule has 1 atom stereocenters. The summed E-state index contributed by atoms with van der Waals surface area (Å²) in [5, 5.41) is 3.57. The molecule has 0 saturated heterocycles. The van der Waals surface area contributed by atoms with Gasteiger partial charge in [0.05, 0.1) is 17.1 Å². The van der Waals surface area contributed by atoms with Crippen molar-refractivity contribution >= 4 is 16.8 Å². The molecule has 1 amide bonds. The Balaban J connectivity index is 1.76. The van der Waals surface area contributed by atoms with Crippen LogP contribution in [0.4, 0.5) is 8.78 Å². The van der Waals surface area contributed by atoms with Crippen LogP contribution in [0, 0.1) is 18.6 Å². The van der Waals surface area contributed by atoms with Gasteiger partial charge in [-0.3, -0.25) is 14.8 Å². The van der Waals surface area contributed by atoms with Crippen LogP contribution >= 0.6 is 0 Å². The molecule has 2 aromatic carbocycles. The number of pyridine rings is 2. The first-order valence-corrected chi connectivity index (χ1v) is 9.04. The highest BCUT2D eigenvalue weighted by Crippen LogP contribution is 2.25. The molecule has 0 aliphatic heterocycles. The monoisotopic (exact) mass is 389 g/mol. The van der Waals surface area contributed by atoms with Gasteiger partial charge < -0.3 is 5.32 Å². The van der Waals surface area contributed by atoms with Crippen LogP contribution in [0.15, 0.2) is 73.1 Å². The summed E-state index contributed by atoms with van der Waals surface area (Å²) >= 11 is 0. The normalized spacial score (nSPS) is 12.0. The molecule has 144 valence electrons. The van der Waals surface area contributed by atoms with Gasteiger partial charge in [0.1, 0.15) is 11.6 Å². The van der Waals surface area contributed by atoms with Crippen molar-refractivity contribution in [1.82, 2.24) is 15.3 Å². The van der Waals surface area contributed by atoms with Gasteiger partial charge in [-0.15, -0.1) is 0 Å². The summed E-state index contributed by atoms with van der Waals surface area (Å²) in [4.78, 5) is 21.5. The van der Waals surface area contributed by atoms with Crippen LogP contribution in [-0.4, -0.2) is 15.9 Å². The Bertz CT molecular complexity index is 1170. The lowest BCUT2D eigenvalue weighted by atomic mass is 9.98. The number of hydrogen-bond donors (Lipinski definition) is 1. The zero-order valence-corrected chi connectivity index (χ0v) is 15.6. The number of nitrogens with zero attached hydrogens (tertiary/aromatic N) is 2. The summed E-state index contributed by atoms with van der Waals surface area (Å²) < 4.78 is 27.0. The van der Waals surface area contributed by atoms with E-state index in [9.17, 15) is 13.6 Å². The maximum atomic E-state index is 13.6. The molecule has 0 aliphatic carbocycles. The zero-order chi connectivity index (χ0) is 20.4. The van der Waals surface area contributed by atoms with Crippen LogP contribution in [-0.2, 0) is 0 Å². The summed E-state index contributed by atoms with van der Waals surface area (Å²) in [5.41, 5.74) is 2.95. The second-order valence-corrected chi connectivity index (χ2v) is 6.71. The number of fused-ring (bicyclic) bond motifs is 1. The van der Waals surface area contributed by atoms with E-state index in [-0.39, 0.29) is 11.7 Å². The van der Waals surface area contributed by atoms with Gasteiger partial charge in [0.15, 0.2) is 0 Å². The van der Waals surface area contributed by atoms with Crippen LogP contribution in [0.2, 0.25) is 0 Å². The Morgan fingerprint density at radius 1 is 0.897 bits per heavy atom. The third-order valence-corrected chi connectivity index (χ3v) is 4.66. The molecule has 2 aromatic heterocycles. The van der Waals surface area contributed by atoms with Gasteiger partial charge in [0.2, 0.25) is 0 Å². The molecule has 0 fully saturated rings. The molecule has 6 heteroatoms. The van der Waals surface area contributed by atoms with E-state index in [0.717, 1.165) is 11.1 Å². The van der Waals surface area contributed by atoms with E-state index in [4.69, 9.17) is 0 Å². The molecule has 0 bridgehead atoms. The molecule has 0 saturated carbocycles. The summed E-state index contributed by atoms with van der Waals surface area (Å²) in [5.74, 6) is -1.10. The van der Waals surface area contributed by atoms with Crippen molar-refractivity contribution < 1.29 is 13.6 Å². The topological polar surface area (TPSA) is 54.9 Å². The number of aromatic nitrogens is 2. The second kappa shape index (κ2) is 7.75. The SMILES string of the molecule is Cc1cc(C(=O)N[C@H](c2ccncc2)c2ccc(F)cc2)c2ccc(F)cc2n1. The van der Waals surface area contributed by atoms with Gasteiger partial charge in [-0.25, -0.2) is 8.78 Å². The average molecular weight is 389 g/mol. The largest absolute Gasteiger partial charge is 0.341 e. The van der Waals surface area contributed by atoms with Gasteiger partial charge in [0.25, 0.3) is 5.91 Å². The molecular weight excluding hydrogens is 372 g/mol. The molecule has 0 radical (unpaired) electrons. The fourth-order valence-electron chi connectivity index (χ4n) is 3.30. The molecule has 2 heterocycles. The van der Waals surface area contributed by atoms with Crippen molar-refractivity contribution in [3.8, 4) is 0 Å². The van der Waals surface area contributed by atoms with Crippen molar-refractivity contribution in [2.75, 3.05) is 0 Å². The van der Waals surface area contributed by atoms with Gasteiger partial charge in [-0.05, 0) is 60.5 Å². The highest BCUT2D eigenvalue weighted by atomic mass is 19.1. The first-order chi connectivity index (χ1) is 14.0. The summed E-state index contributed by atoms with van der Waals surface area (Å²) in [6.45, 7) is 1.75. The van der Waals surface area contributed by atoms with Crippen molar-refractivity contribution in [1.29, 1.82) is 0 Å². The van der Waals surface area contributed by atoms with Gasteiger partial charge in [-0.2, -0.15) is 0 Å². The molecule has 4 aromatic rings. The number of carbonyl (C=O) groups excluding carboxylic acids is 1. The zero-order valence-electron chi connectivity index (χ0n) is 15.6. The van der Waals surface area contributed by atoms with Gasteiger partial charge >= 0.3 is 0 Å². The Kier molecular flexibility index (Phi) is 4.99. The fourth-order valence-corrected chi connectivity index (χ4v) is 3.30. The van der Waals surface area contributed by atoms with Crippen LogP contribution in [0.5, 0.6) is 0 Å². The van der Waals surface area contributed by atoms with E-state index in [1.165, 1.54) is 24.3 Å². The maximum Gasteiger partial charge on any atom is 0.252 e. The van der Waals surface area contributed by atoms with Crippen molar-refractivity contribution in [3.05, 3.63) is 107 Å². The number of halogens is 2. The number of nitrogens with one attached hydrogen (secondary N) is 1. The van der Waals surface area contributed by atoms with E-state index in [0.29, 0.717) is 22.2 Å². The van der Waals surface area contributed by atoms with E-state index in [1.807, 2.05) is 0 Å². The Hall–Kier alpha value is -3.67. The minimum absolute atomic E-state index is 0.335. The smallest absolute Gasteiger partial charge is 0.252 e. The average Bonchev–Trinajstić information content (AvgIpc) is 2.72. The predicted molar refractivity (Wildman–Crippen MR) is 106 cm³/mol. The van der Waals surface area contributed by atoms with Crippen LogP contribution in [0.3, 0.4) is 0 Å². The van der Waals surface area contributed by atoms with E-state index < -0.39 is 11.9 Å². The highest BCUT2D eigenvalue weighted by molar-refractivity contribution is 6.06. The predicted octanol–water partition coefficient (Wildman–Crippen LogP) is 4.74. The van der Waals surface area contributed by atoms with Crippen LogP contribution < -0.4 is 5.32 Å². The number of benzene rings is 2. The second-order valence-electron chi connectivity index (χ2n) is 6.71. The molecule has 29 heavy (non-hydrogen) atoms. The summed E-state index contributed by atoms with van der Waals surface area (Å²) in [6, 6.07) is 14.9. The number of rotatable bonds is 4. The Morgan fingerprint density at radius 2 is 1.55 bits per heavy atom. The molecule has 0 spiro atoms. The summed E-state index contributed by atoms with van der Waals surface area (Å²) in [6.07, 6.45) is 3.26. The fraction of sp³-hybridized carbons (Fsp3) is 0.0870. The first-order valence-electron chi connectivity index (χ1n) is 9.04. The van der Waals surface area contributed by atoms with Crippen LogP contribution in [0.1, 0.15) is 33.2 Å². The number of carbonyl (C=O) groups is 1. The van der Waals surface area contributed by atoms with E-state index >= 15 is 0 Å². The quantitative estimate of drug-likeness (QED) is 0.549. The standard InChI is InChI=1S/C23H17F2N3O/c1-14-12-20(19-7-6-18(25)13-21(19)27-14)23(29)28-22(16-8-10-26-11-9-16)15-2-4-17(24)5-3-15/h2-13,22H,1H3,(H,28,29)/t22-/m0/s1.